The standard InChI is InChI=1S/C15H19N3O2/c1-11-6-4-5-7-13(11)14(18(2)3)15(19)16-10-12-8-9-20-17-12/h4-9,14H,10H2,1-3H3,(H,16,19)/t14-/m1/s1. The molecule has 0 radical (unpaired) electrons. The number of amides is 1. The highest BCUT2D eigenvalue weighted by Crippen LogP contribution is 2.22. The first-order valence-electron chi connectivity index (χ1n) is 6.48. The molecule has 1 atom stereocenters. The topological polar surface area (TPSA) is 58.4 Å². The van der Waals surface area contributed by atoms with Crippen LogP contribution in [0.2, 0.25) is 0 Å². The molecule has 0 saturated heterocycles. The molecule has 2 rings (SSSR count). The van der Waals surface area contributed by atoms with Crippen LogP contribution in [0.25, 0.3) is 0 Å². The van der Waals surface area contributed by atoms with Gasteiger partial charge in [-0.1, -0.05) is 29.4 Å². The van der Waals surface area contributed by atoms with E-state index in [0.29, 0.717) is 12.2 Å². The van der Waals surface area contributed by atoms with Crippen molar-refractivity contribution in [2.24, 2.45) is 0 Å². The van der Waals surface area contributed by atoms with E-state index in [1.54, 1.807) is 6.07 Å². The van der Waals surface area contributed by atoms with Gasteiger partial charge in [-0.3, -0.25) is 9.69 Å². The van der Waals surface area contributed by atoms with Crippen LogP contribution in [0.3, 0.4) is 0 Å². The summed E-state index contributed by atoms with van der Waals surface area (Å²) in [6.45, 7) is 2.38. The van der Waals surface area contributed by atoms with Gasteiger partial charge >= 0.3 is 0 Å². The molecule has 0 saturated carbocycles. The van der Waals surface area contributed by atoms with Crippen molar-refractivity contribution in [3.8, 4) is 0 Å². The van der Waals surface area contributed by atoms with Crippen LogP contribution < -0.4 is 5.32 Å². The van der Waals surface area contributed by atoms with Crippen molar-refractivity contribution in [3.05, 3.63) is 53.4 Å². The predicted octanol–water partition coefficient (Wildman–Crippen LogP) is 1.90. The van der Waals surface area contributed by atoms with Gasteiger partial charge in [0.2, 0.25) is 5.91 Å². The smallest absolute Gasteiger partial charge is 0.242 e. The highest BCUT2D eigenvalue weighted by molar-refractivity contribution is 5.83. The molecule has 106 valence electrons. The maximum atomic E-state index is 12.4. The van der Waals surface area contributed by atoms with E-state index in [4.69, 9.17) is 4.52 Å². The van der Waals surface area contributed by atoms with Gasteiger partial charge in [0.25, 0.3) is 0 Å². The number of hydrogen-bond acceptors (Lipinski definition) is 4. The van der Waals surface area contributed by atoms with E-state index in [2.05, 4.69) is 10.5 Å². The molecule has 1 heterocycles. The Hall–Kier alpha value is -2.14. The predicted molar refractivity (Wildman–Crippen MR) is 76.0 cm³/mol. The lowest BCUT2D eigenvalue weighted by atomic mass is 10.00. The molecule has 0 spiro atoms. The first-order valence-corrected chi connectivity index (χ1v) is 6.48. The molecule has 5 nitrogen and oxygen atoms in total. The molecule has 1 N–H and O–H groups in total. The van der Waals surface area contributed by atoms with Crippen LogP contribution in [0.1, 0.15) is 22.9 Å². The lowest BCUT2D eigenvalue weighted by Crippen LogP contribution is -2.37. The Morgan fingerprint density at radius 1 is 1.35 bits per heavy atom. The average Bonchev–Trinajstić information content (AvgIpc) is 2.92. The minimum absolute atomic E-state index is 0.0488. The zero-order chi connectivity index (χ0) is 14.5. The van der Waals surface area contributed by atoms with Gasteiger partial charge in [-0.25, -0.2) is 0 Å². The van der Waals surface area contributed by atoms with Gasteiger partial charge < -0.3 is 9.84 Å². The molecule has 0 aliphatic carbocycles. The molecule has 0 aliphatic heterocycles. The highest BCUT2D eigenvalue weighted by atomic mass is 16.5. The van der Waals surface area contributed by atoms with Crippen molar-refractivity contribution in [3.63, 3.8) is 0 Å². The maximum Gasteiger partial charge on any atom is 0.242 e. The molecule has 2 aromatic rings. The van der Waals surface area contributed by atoms with Crippen molar-refractivity contribution in [1.29, 1.82) is 0 Å². The van der Waals surface area contributed by atoms with Gasteiger partial charge in [0.15, 0.2) is 0 Å². The fourth-order valence-corrected chi connectivity index (χ4v) is 2.15. The first kappa shape index (κ1) is 14.3. The number of benzene rings is 1. The van der Waals surface area contributed by atoms with Crippen LogP contribution in [0.5, 0.6) is 0 Å². The summed E-state index contributed by atoms with van der Waals surface area (Å²) in [7, 11) is 3.79. The Bertz CT molecular complexity index is 564. The second-order valence-corrected chi connectivity index (χ2v) is 4.93. The van der Waals surface area contributed by atoms with E-state index in [1.165, 1.54) is 6.26 Å². The normalized spacial score (nSPS) is 12.4. The number of likely N-dealkylation sites (N-methyl/N-ethyl adjacent to an activating group) is 1. The summed E-state index contributed by atoms with van der Waals surface area (Å²) < 4.78 is 4.75. The summed E-state index contributed by atoms with van der Waals surface area (Å²) in [6, 6.07) is 9.33. The molecular weight excluding hydrogens is 254 g/mol. The largest absolute Gasteiger partial charge is 0.364 e. The van der Waals surface area contributed by atoms with Crippen LogP contribution in [0.15, 0.2) is 41.1 Å². The molecule has 1 aromatic heterocycles. The summed E-state index contributed by atoms with van der Waals surface area (Å²) in [6.07, 6.45) is 1.49. The fraction of sp³-hybridized carbons (Fsp3) is 0.333. The second-order valence-electron chi connectivity index (χ2n) is 4.93. The molecular formula is C15H19N3O2. The number of rotatable bonds is 5. The minimum atomic E-state index is -0.317. The van der Waals surface area contributed by atoms with Gasteiger partial charge in [-0.2, -0.15) is 0 Å². The molecule has 0 aliphatic rings. The molecule has 5 heteroatoms. The Kier molecular flexibility index (Phi) is 4.53. The van der Waals surface area contributed by atoms with Crippen LogP contribution in [0.4, 0.5) is 0 Å². The van der Waals surface area contributed by atoms with Crippen LogP contribution in [-0.4, -0.2) is 30.1 Å². The van der Waals surface area contributed by atoms with E-state index in [9.17, 15) is 4.79 Å². The van der Waals surface area contributed by atoms with Crippen molar-refractivity contribution in [2.45, 2.75) is 19.5 Å². The number of carbonyl (C=O) groups is 1. The molecule has 0 fully saturated rings. The molecule has 1 aromatic carbocycles. The van der Waals surface area contributed by atoms with Crippen LogP contribution in [0, 0.1) is 6.92 Å². The van der Waals surface area contributed by atoms with Crippen LogP contribution in [-0.2, 0) is 11.3 Å². The van der Waals surface area contributed by atoms with Gasteiger partial charge in [0, 0.05) is 6.07 Å². The third kappa shape index (κ3) is 3.24. The van der Waals surface area contributed by atoms with Gasteiger partial charge in [0.1, 0.15) is 18.0 Å². The molecule has 0 unspecified atom stereocenters. The van der Waals surface area contributed by atoms with Crippen molar-refractivity contribution in [2.75, 3.05) is 14.1 Å². The SMILES string of the molecule is Cc1ccccc1[C@H](C(=O)NCc1ccon1)N(C)C. The zero-order valence-corrected chi connectivity index (χ0v) is 12.0. The van der Waals surface area contributed by atoms with E-state index >= 15 is 0 Å². The number of aryl methyl sites for hydroxylation is 1. The van der Waals surface area contributed by atoms with E-state index < -0.39 is 0 Å². The first-order chi connectivity index (χ1) is 9.59. The van der Waals surface area contributed by atoms with E-state index in [1.807, 2.05) is 50.2 Å². The van der Waals surface area contributed by atoms with Gasteiger partial charge in [0.05, 0.1) is 6.54 Å². The number of nitrogens with zero attached hydrogens (tertiary/aromatic N) is 2. The summed E-state index contributed by atoms with van der Waals surface area (Å²) in [5.41, 5.74) is 2.82. The lowest BCUT2D eigenvalue weighted by Gasteiger charge is -2.25. The lowest BCUT2D eigenvalue weighted by molar-refractivity contribution is -0.126. The van der Waals surface area contributed by atoms with E-state index in [0.717, 1.165) is 11.1 Å². The fourth-order valence-electron chi connectivity index (χ4n) is 2.15. The van der Waals surface area contributed by atoms with Crippen LogP contribution >= 0.6 is 0 Å². The number of aromatic nitrogens is 1. The average molecular weight is 273 g/mol. The minimum Gasteiger partial charge on any atom is -0.364 e. The number of hydrogen-bond donors (Lipinski definition) is 1. The quantitative estimate of drug-likeness (QED) is 0.904. The Morgan fingerprint density at radius 2 is 2.10 bits per heavy atom. The molecule has 1 amide bonds. The Morgan fingerprint density at radius 3 is 2.70 bits per heavy atom. The number of nitrogens with one attached hydrogen (secondary N) is 1. The Balaban J connectivity index is 2.12. The molecule has 20 heavy (non-hydrogen) atoms. The van der Waals surface area contributed by atoms with Gasteiger partial charge in [-0.05, 0) is 32.1 Å². The second kappa shape index (κ2) is 6.34. The third-order valence-corrected chi connectivity index (χ3v) is 3.18. The highest BCUT2D eigenvalue weighted by Gasteiger charge is 2.24. The van der Waals surface area contributed by atoms with E-state index in [-0.39, 0.29) is 11.9 Å². The van der Waals surface area contributed by atoms with Crippen molar-refractivity contribution in [1.82, 2.24) is 15.4 Å². The van der Waals surface area contributed by atoms with Crippen molar-refractivity contribution >= 4 is 5.91 Å². The molecule has 0 bridgehead atoms. The monoisotopic (exact) mass is 273 g/mol. The van der Waals surface area contributed by atoms with Crippen molar-refractivity contribution < 1.29 is 9.32 Å². The summed E-state index contributed by atoms with van der Waals surface area (Å²) in [5, 5.41) is 6.67. The summed E-state index contributed by atoms with van der Waals surface area (Å²) >= 11 is 0. The Labute approximate surface area is 118 Å². The summed E-state index contributed by atoms with van der Waals surface area (Å²) in [4.78, 5) is 14.3. The zero-order valence-electron chi connectivity index (χ0n) is 12.0. The number of carbonyl (C=O) groups excluding carboxylic acids is 1. The van der Waals surface area contributed by atoms with Gasteiger partial charge in [-0.15, -0.1) is 0 Å². The summed E-state index contributed by atoms with van der Waals surface area (Å²) in [5.74, 6) is -0.0488. The maximum absolute atomic E-state index is 12.4. The third-order valence-electron chi connectivity index (χ3n) is 3.18.